The lowest BCUT2D eigenvalue weighted by molar-refractivity contribution is 0.102. The van der Waals surface area contributed by atoms with Gasteiger partial charge in [-0.05, 0) is 61.9 Å². The van der Waals surface area contributed by atoms with Gasteiger partial charge in [-0.15, -0.1) is 0 Å². The number of carbonyl (C=O) groups excluding carboxylic acids is 1. The summed E-state index contributed by atoms with van der Waals surface area (Å²) in [6.07, 6.45) is 3.45. The van der Waals surface area contributed by atoms with Gasteiger partial charge in [0.15, 0.2) is 11.5 Å². The van der Waals surface area contributed by atoms with Crippen LogP contribution in [0.2, 0.25) is 0 Å². The van der Waals surface area contributed by atoms with E-state index in [0.29, 0.717) is 30.3 Å². The number of nitrogens with one attached hydrogen (secondary N) is 1. The van der Waals surface area contributed by atoms with Crippen LogP contribution in [0.1, 0.15) is 28.4 Å². The Bertz CT molecular complexity index is 893. The van der Waals surface area contributed by atoms with Gasteiger partial charge in [0.05, 0.1) is 6.61 Å². The molecule has 0 atom stereocenters. The first-order chi connectivity index (χ1) is 13.2. The molecule has 2 aromatic carbocycles. The van der Waals surface area contributed by atoms with E-state index in [2.05, 4.69) is 10.3 Å². The number of anilines is 1. The number of aryl methyl sites for hydroxylation is 1. The van der Waals surface area contributed by atoms with Gasteiger partial charge < -0.3 is 14.8 Å². The van der Waals surface area contributed by atoms with Crippen LogP contribution in [0.5, 0.6) is 11.5 Å². The Labute approximate surface area is 159 Å². The monoisotopic (exact) mass is 362 g/mol. The van der Waals surface area contributed by atoms with E-state index in [-0.39, 0.29) is 5.91 Å². The fourth-order valence-corrected chi connectivity index (χ4v) is 2.52. The van der Waals surface area contributed by atoms with Gasteiger partial charge in [-0.1, -0.05) is 17.7 Å². The van der Waals surface area contributed by atoms with Crippen LogP contribution in [0.3, 0.4) is 0 Å². The van der Waals surface area contributed by atoms with E-state index in [4.69, 9.17) is 9.47 Å². The van der Waals surface area contributed by atoms with Crippen LogP contribution in [0.4, 0.5) is 5.69 Å². The molecule has 1 heterocycles. The van der Waals surface area contributed by atoms with Crippen molar-refractivity contribution in [3.05, 3.63) is 83.7 Å². The Kier molecular flexibility index (Phi) is 6.05. The molecule has 5 nitrogen and oxygen atoms in total. The van der Waals surface area contributed by atoms with E-state index >= 15 is 0 Å². The lowest BCUT2D eigenvalue weighted by Crippen LogP contribution is -2.12. The summed E-state index contributed by atoms with van der Waals surface area (Å²) in [6, 6.07) is 16.6. The highest BCUT2D eigenvalue weighted by Gasteiger charge is 2.12. The number of pyridine rings is 1. The van der Waals surface area contributed by atoms with Crippen molar-refractivity contribution in [2.24, 2.45) is 0 Å². The molecular weight excluding hydrogens is 340 g/mol. The van der Waals surface area contributed by atoms with Crippen molar-refractivity contribution in [3.8, 4) is 11.5 Å². The zero-order valence-corrected chi connectivity index (χ0v) is 15.4. The molecule has 0 saturated heterocycles. The minimum Gasteiger partial charge on any atom is -0.490 e. The molecule has 0 aliphatic rings. The second-order valence-electron chi connectivity index (χ2n) is 6.06. The van der Waals surface area contributed by atoms with Crippen molar-refractivity contribution in [3.63, 3.8) is 0 Å². The summed E-state index contributed by atoms with van der Waals surface area (Å²) < 4.78 is 11.5. The topological polar surface area (TPSA) is 60.5 Å². The zero-order chi connectivity index (χ0) is 19.1. The second-order valence-corrected chi connectivity index (χ2v) is 6.06. The number of carbonyl (C=O) groups is 1. The van der Waals surface area contributed by atoms with E-state index in [0.717, 1.165) is 16.8 Å². The average molecular weight is 362 g/mol. The first-order valence-electron chi connectivity index (χ1n) is 8.82. The van der Waals surface area contributed by atoms with Crippen LogP contribution >= 0.6 is 0 Å². The number of hydrogen-bond donors (Lipinski definition) is 1. The molecule has 5 heteroatoms. The van der Waals surface area contributed by atoms with Crippen LogP contribution < -0.4 is 14.8 Å². The summed E-state index contributed by atoms with van der Waals surface area (Å²) >= 11 is 0. The van der Waals surface area contributed by atoms with Crippen molar-refractivity contribution in [1.29, 1.82) is 0 Å². The Morgan fingerprint density at radius 2 is 1.70 bits per heavy atom. The highest BCUT2D eigenvalue weighted by Crippen LogP contribution is 2.29. The third-order valence-electron chi connectivity index (χ3n) is 3.96. The Hall–Kier alpha value is -3.34. The van der Waals surface area contributed by atoms with Crippen LogP contribution in [-0.2, 0) is 6.61 Å². The molecule has 0 aliphatic heterocycles. The number of nitrogens with zero attached hydrogens (tertiary/aromatic N) is 1. The smallest absolute Gasteiger partial charge is 0.255 e. The predicted molar refractivity (Wildman–Crippen MR) is 105 cm³/mol. The van der Waals surface area contributed by atoms with E-state index in [9.17, 15) is 4.79 Å². The fourth-order valence-electron chi connectivity index (χ4n) is 2.52. The van der Waals surface area contributed by atoms with Crippen LogP contribution in [0.25, 0.3) is 0 Å². The standard InChI is InChI=1S/C22H22N2O3/c1-3-26-21-14-18(22(25)24-19-7-4-16(2)5-8-19)6-9-20(21)27-15-17-10-12-23-13-11-17/h4-14H,3,15H2,1-2H3,(H,24,25). The van der Waals surface area contributed by atoms with Crippen molar-refractivity contribution in [2.45, 2.75) is 20.5 Å². The third-order valence-corrected chi connectivity index (χ3v) is 3.96. The Morgan fingerprint density at radius 1 is 0.963 bits per heavy atom. The molecule has 3 aromatic rings. The van der Waals surface area contributed by atoms with E-state index < -0.39 is 0 Å². The quantitative estimate of drug-likeness (QED) is 0.666. The van der Waals surface area contributed by atoms with Gasteiger partial charge in [0, 0.05) is 23.6 Å². The van der Waals surface area contributed by atoms with Crippen LogP contribution in [0, 0.1) is 6.92 Å². The van der Waals surface area contributed by atoms with Gasteiger partial charge in [0.1, 0.15) is 6.61 Å². The van der Waals surface area contributed by atoms with Crippen molar-refractivity contribution < 1.29 is 14.3 Å². The molecule has 0 unspecified atom stereocenters. The van der Waals surface area contributed by atoms with Gasteiger partial charge in [-0.3, -0.25) is 9.78 Å². The summed E-state index contributed by atoms with van der Waals surface area (Å²) in [6.45, 7) is 4.78. The highest BCUT2D eigenvalue weighted by atomic mass is 16.5. The molecule has 27 heavy (non-hydrogen) atoms. The largest absolute Gasteiger partial charge is 0.490 e. The van der Waals surface area contributed by atoms with Gasteiger partial charge in [-0.25, -0.2) is 0 Å². The second kappa shape index (κ2) is 8.85. The van der Waals surface area contributed by atoms with Crippen molar-refractivity contribution >= 4 is 11.6 Å². The molecule has 138 valence electrons. The normalized spacial score (nSPS) is 10.3. The summed E-state index contributed by atoms with van der Waals surface area (Å²) in [5.74, 6) is 0.948. The minimum absolute atomic E-state index is 0.194. The van der Waals surface area contributed by atoms with Gasteiger partial charge >= 0.3 is 0 Å². The summed E-state index contributed by atoms with van der Waals surface area (Å²) in [5.41, 5.74) is 3.41. The molecular formula is C22H22N2O3. The number of benzene rings is 2. The average Bonchev–Trinajstić information content (AvgIpc) is 2.69. The van der Waals surface area contributed by atoms with Gasteiger partial charge in [-0.2, -0.15) is 0 Å². The van der Waals surface area contributed by atoms with Gasteiger partial charge in [0.2, 0.25) is 0 Å². The van der Waals surface area contributed by atoms with Crippen LogP contribution in [-0.4, -0.2) is 17.5 Å². The molecule has 0 spiro atoms. The molecule has 3 rings (SSSR count). The summed E-state index contributed by atoms with van der Waals surface area (Å²) in [5, 5.41) is 2.89. The SMILES string of the molecule is CCOc1cc(C(=O)Nc2ccc(C)cc2)ccc1OCc1ccncc1. The third kappa shape index (κ3) is 5.07. The first-order valence-corrected chi connectivity index (χ1v) is 8.82. The fraction of sp³-hybridized carbons (Fsp3) is 0.182. The highest BCUT2D eigenvalue weighted by molar-refractivity contribution is 6.04. The first kappa shape index (κ1) is 18.5. The van der Waals surface area contributed by atoms with E-state index in [1.165, 1.54) is 0 Å². The van der Waals surface area contributed by atoms with Crippen molar-refractivity contribution in [1.82, 2.24) is 4.98 Å². The Balaban J connectivity index is 1.73. The maximum Gasteiger partial charge on any atom is 0.255 e. The Morgan fingerprint density at radius 3 is 2.41 bits per heavy atom. The van der Waals surface area contributed by atoms with E-state index in [1.54, 1.807) is 30.6 Å². The molecule has 0 radical (unpaired) electrons. The molecule has 1 amide bonds. The number of ether oxygens (including phenoxy) is 2. The zero-order valence-electron chi connectivity index (χ0n) is 15.4. The number of rotatable bonds is 7. The number of amides is 1. The summed E-state index contributed by atoms with van der Waals surface area (Å²) in [4.78, 5) is 16.5. The molecule has 1 aromatic heterocycles. The minimum atomic E-state index is -0.194. The van der Waals surface area contributed by atoms with Crippen molar-refractivity contribution in [2.75, 3.05) is 11.9 Å². The molecule has 0 fully saturated rings. The maximum atomic E-state index is 12.5. The van der Waals surface area contributed by atoms with Crippen LogP contribution in [0.15, 0.2) is 67.0 Å². The molecule has 0 aliphatic carbocycles. The molecule has 0 saturated carbocycles. The molecule has 1 N–H and O–H groups in total. The lowest BCUT2D eigenvalue weighted by Gasteiger charge is -2.13. The molecule has 0 bridgehead atoms. The van der Waals surface area contributed by atoms with Gasteiger partial charge in [0.25, 0.3) is 5.91 Å². The lowest BCUT2D eigenvalue weighted by atomic mass is 10.1. The summed E-state index contributed by atoms with van der Waals surface area (Å²) in [7, 11) is 0. The predicted octanol–water partition coefficient (Wildman–Crippen LogP) is 4.62. The maximum absolute atomic E-state index is 12.5. The van der Waals surface area contributed by atoms with E-state index in [1.807, 2.05) is 50.2 Å². The number of aromatic nitrogens is 1. The number of hydrogen-bond acceptors (Lipinski definition) is 4.